The van der Waals surface area contributed by atoms with Crippen molar-refractivity contribution < 1.29 is 14.3 Å². The molecule has 9 heteroatoms. The number of hydrogen-bond donors (Lipinski definition) is 3. The van der Waals surface area contributed by atoms with Crippen LogP contribution in [0.25, 0.3) is 0 Å². The third-order valence-corrected chi connectivity index (χ3v) is 5.85. The summed E-state index contributed by atoms with van der Waals surface area (Å²) in [5.74, 6) is 0.541. The van der Waals surface area contributed by atoms with Gasteiger partial charge in [0, 0.05) is 50.4 Å². The first-order chi connectivity index (χ1) is 15.4. The van der Waals surface area contributed by atoms with E-state index in [-0.39, 0.29) is 23.9 Å². The van der Waals surface area contributed by atoms with Gasteiger partial charge in [0.05, 0.1) is 26.3 Å². The Morgan fingerprint density at radius 2 is 1.88 bits per heavy atom. The van der Waals surface area contributed by atoms with Gasteiger partial charge in [0.2, 0.25) is 5.91 Å². The Morgan fingerprint density at radius 3 is 2.53 bits per heavy atom. The fraction of sp³-hybridized carbons (Fsp3) is 0.609. The molecule has 3 N–H and O–H groups in total. The molecule has 2 saturated heterocycles. The molecule has 0 unspecified atom stereocenters. The van der Waals surface area contributed by atoms with E-state index in [9.17, 15) is 9.59 Å². The van der Waals surface area contributed by atoms with Gasteiger partial charge in [0.15, 0.2) is 5.96 Å². The number of nitrogens with zero attached hydrogens (tertiary/aromatic N) is 3. The van der Waals surface area contributed by atoms with Crippen molar-refractivity contribution in [2.45, 2.75) is 32.9 Å². The summed E-state index contributed by atoms with van der Waals surface area (Å²) in [5.41, 5.74) is 1.60. The van der Waals surface area contributed by atoms with Crippen molar-refractivity contribution >= 4 is 17.8 Å². The summed E-state index contributed by atoms with van der Waals surface area (Å²) in [6.07, 6.45) is 0. The van der Waals surface area contributed by atoms with E-state index in [1.54, 1.807) is 4.90 Å². The molecule has 2 aliphatic heterocycles. The number of morpholine rings is 1. The van der Waals surface area contributed by atoms with Gasteiger partial charge < -0.3 is 25.6 Å². The maximum Gasteiger partial charge on any atom is 0.254 e. The molecule has 9 nitrogen and oxygen atoms in total. The zero-order valence-corrected chi connectivity index (χ0v) is 19.4. The zero-order valence-electron chi connectivity index (χ0n) is 19.4. The monoisotopic (exact) mass is 444 g/mol. The molecule has 1 aromatic rings. The summed E-state index contributed by atoms with van der Waals surface area (Å²) in [4.78, 5) is 32.9. The van der Waals surface area contributed by atoms with Crippen LogP contribution in [0.15, 0.2) is 29.3 Å². The number of carbonyl (C=O) groups is 2. The number of guanidine groups is 1. The second kappa shape index (κ2) is 11.3. The highest BCUT2D eigenvalue weighted by Gasteiger charge is 2.28. The van der Waals surface area contributed by atoms with Gasteiger partial charge in [0.25, 0.3) is 5.91 Å². The van der Waals surface area contributed by atoms with Crippen molar-refractivity contribution in [3.63, 3.8) is 0 Å². The molecule has 1 aromatic carbocycles. The third kappa shape index (κ3) is 6.67. The highest BCUT2D eigenvalue weighted by atomic mass is 16.5. The van der Waals surface area contributed by atoms with Crippen molar-refractivity contribution in [2.75, 3.05) is 59.0 Å². The average molecular weight is 445 g/mol. The number of piperazine rings is 1. The highest BCUT2D eigenvalue weighted by Crippen LogP contribution is 2.15. The summed E-state index contributed by atoms with van der Waals surface area (Å²) < 4.78 is 5.47. The Morgan fingerprint density at radius 1 is 1.16 bits per heavy atom. The topological polar surface area (TPSA) is 98.3 Å². The molecule has 0 aromatic heterocycles. The van der Waals surface area contributed by atoms with Gasteiger partial charge in [-0.2, -0.15) is 0 Å². The Hall–Kier alpha value is -2.65. The fourth-order valence-corrected chi connectivity index (χ4v) is 3.84. The molecule has 0 spiro atoms. The van der Waals surface area contributed by atoms with Crippen LogP contribution < -0.4 is 16.0 Å². The largest absolute Gasteiger partial charge is 0.379 e. The molecule has 32 heavy (non-hydrogen) atoms. The summed E-state index contributed by atoms with van der Waals surface area (Å²) in [5, 5.41) is 9.50. The molecule has 0 radical (unpaired) electrons. The molecule has 2 fully saturated rings. The lowest BCUT2D eigenvalue weighted by Gasteiger charge is -2.41. The number of nitrogens with one attached hydrogen (secondary N) is 3. The molecular weight excluding hydrogens is 408 g/mol. The highest BCUT2D eigenvalue weighted by molar-refractivity contribution is 5.97. The Kier molecular flexibility index (Phi) is 8.46. The Bertz CT molecular complexity index is 802. The smallest absolute Gasteiger partial charge is 0.254 e. The van der Waals surface area contributed by atoms with Gasteiger partial charge in [-0.1, -0.05) is 12.1 Å². The van der Waals surface area contributed by atoms with Crippen molar-refractivity contribution in [2.24, 2.45) is 4.99 Å². The number of rotatable bonds is 7. The number of aliphatic imine (C=N–C) groups is 1. The number of benzene rings is 1. The Balaban J connectivity index is 1.56. The first kappa shape index (κ1) is 24.0. The zero-order chi connectivity index (χ0) is 23.0. The number of amides is 2. The number of hydrogen-bond acceptors (Lipinski definition) is 5. The van der Waals surface area contributed by atoms with Gasteiger partial charge in [-0.25, -0.2) is 4.99 Å². The van der Waals surface area contributed by atoms with E-state index in [1.165, 1.54) is 0 Å². The maximum atomic E-state index is 12.6. The summed E-state index contributed by atoms with van der Waals surface area (Å²) in [6, 6.07) is 7.45. The van der Waals surface area contributed by atoms with Crippen LogP contribution in [-0.2, 0) is 16.1 Å². The van der Waals surface area contributed by atoms with Crippen molar-refractivity contribution in [3.05, 3.63) is 35.4 Å². The van der Waals surface area contributed by atoms with E-state index in [0.29, 0.717) is 25.2 Å². The van der Waals surface area contributed by atoms with Gasteiger partial charge in [-0.05, 0) is 38.5 Å². The number of ether oxygens (including phenoxy) is 1. The molecule has 2 heterocycles. The van der Waals surface area contributed by atoms with Crippen molar-refractivity contribution in [3.8, 4) is 0 Å². The van der Waals surface area contributed by atoms with E-state index < -0.39 is 0 Å². The van der Waals surface area contributed by atoms with Crippen LogP contribution in [-0.4, -0.2) is 92.1 Å². The minimum absolute atomic E-state index is 0.00661. The minimum atomic E-state index is -0.116. The van der Waals surface area contributed by atoms with Crippen LogP contribution in [0.4, 0.5) is 0 Å². The van der Waals surface area contributed by atoms with Crippen LogP contribution in [0.3, 0.4) is 0 Å². The van der Waals surface area contributed by atoms with E-state index in [2.05, 4.69) is 34.7 Å². The summed E-state index contributed by atoms with van der Waals surface area (Å²) in [6.45, 7) is 13.2. The number of carbonyl (C=O) groups excluding carboxylic acids is 2. The molecule has 3 rings (SSSR count). The third-order valence-electron chi connectivity index (χ3n) is 5.85. The van der Waals surface area contributed by atoms with Crippen LogP contribution in [0.1, 0.15) is 36.7 Å². The molecule has 176 valence electrons. The standard InChI is InChI=1S/C23H36N6O3/c1-4-24-22(27-17-23(2,3)29-11-13-32-14-12-29)26-15-18-5-7-19(8-6-18)21(31)28-10-9-25-20(30)16-28/h5-8H,4,9-17H2,1-3H3,(H,25,30)(H2,24,26,27). The van der Waals surface area contributed by atoms with Gasteiger partial charge in [-0.3, -0.25) is 14.5 Å². The van der Waals surface area contributed by atoms with Gasteiger partial charge >= 0.3 is 0 Å². The van der Waals surface area contributed by atoms with Gasteiger partial charge in [-0.15, -0.1) is 0 Å². The van der Waals surface area contributed by atoms with E-state index in [1.807, 2.05) is 31.2 Å². The second-order valence-corrected chi connectivity index (χ2v) is 8.73. The van der Waals surface area contributed by atoms with E-state index >= 15 is 0 Å². The minimum Gasteiger partial charge on any atom is -0.379 e. The SMILES string of the molecule is CCNC(=NCc1ccc(C(=O)N2CCNC(=O)C2)cc1)NCC(C)(C)N1CCOCC1. The normalized spacial score (nSPS) is 18.3. The Labute approximate surface area is 190 Å². The molecule has 2 aliphatic rings. The molecule has 0 aliphatic carbocycles. The average Bonchev–Trinajstić information content (AvgIpc) is 2.81. The van der Waals surface area contributed by atoms with Crippen LogP contribution in [0.2, 0.25) is 0 Å². The molecule has 0 bridgehead atoms. The van der Waals surface area contributed by atoms with Crippen molar-refractivity contribution in [1.29, 1.82) is 0 Å². The lowest BCUT2D eigenvalue weighted by molar-refractivity contribution is -0.123. The molecule has 0 saturated carbocycles. The summed E-state index contributed by atoms with van der Waals surface area (Å²) >= 11 is 0. The first-order valence-corrected chi connectivity index (χ1v) is 11.4. The molecule has 0 atom stereocenters. The van der Waals surface area contributed by atoms with E-state index in [4.69, 9.17) is 9.73 Å². The quantitative estimate of drug-likeness (QED) is 0.417. The maximum absolute atomic E-state index is 12.6. The fourth-order valence-electron chi connectivity index (χ4n) is 3.84. The van der Waals surface area contributed by atoms with Crippen LogP contribution in [0.5, 0.6) is 0 Å². The molecule has 2 amide bonds. The second-order valence-electron chi connectivity index (χ2n) is 8.73. The first-order valence-electron chi connectivity index (χ1n) is 11.4. The van der Waals surface area contributed by atoms with Gasteiger partial charge in [0.1, 0.15) is 0 Å². The lowest BCUT2D eigenvalue weighted by atomic mass is 10.0. The van der Waals surface area contributed by atoms with E-state index in [0.717, 1.165) is 50.9 Å². The van der Waals surface area contributed by atoms with Crippen LogP contribution in [0, 0.1) is 0 Å². The van der Waals surface area contributed by atoms with Crippen LogP contribution >= 0.6 is 0 Å². The molecular formula is C23H36N6O3. The summed E-state index contributed by atoms with van der Waals surface area (Å²) in [7, 11) is 0. The predicted octanol–water partition coefficient (Wildman–Crippen LogP) is 0.425. The lowest BCUT2D eigenvalue weighted by Crippen LogP contribution is -2.56. The predicted molar refractivity (Wildman–Crippen MR) is 125 cm³/mol. The van der Waals surface area contributed by atoms with Crippen molar-refractivity contribution in [1.82, 2.24) is 25.8 Å².